The number of benzene rings is 1. The van der Waals surface area contributed by atoms with Gasteiger partial charge in [0.2, 0.25) is 0 Å². The number of nitrogens with one attached hydrogen (secondary N) is 1. The summed E-state index contributed by atoms with van der Waals surface area (Å²) in [5.41, 5.74) is 2.21. The van der Waals surface area contributed by atoms with Gasteiger partial charge in [-0.1, -0.05) is 43.2 Å². The fourth-order valence-electron chi connectivity index (χ4n) is 4.38. The van der Waals surface area contributed by atoms with Crippen molar-refractivity contribution in [2.24, 2.45) is 17.8 Å². The maximum atomic E-state index is 12.4. The molecule has 1 aromatic rings. The lowest BCUT2D eigenvalue weighted by Gasteiger charge is -2.36. The minimum Gasteiger partial charge on any atom is -0.455 e. The summed E-state index contributed by atoms with van der Waals surface area (Å²) >= 11 is 0. The largest absolute Gasteiger partial charge is 0.455 e. The van der Waals surface area contributed by atoms with E-state index in [0.29, 0.717) is 18.6 Å². The first-order chi connectivity index (χ1) is 13.0. The van der Waals surface area contributed by atoms with Crippen molar-refractivity contribution in [1.29, 1.82) is 0 Å². The molecule has 0 aliphatic heterocycles. The first kappa shape index (κ1) is 19.6. The number of ether oxygens (including phenoxy) is 1. The first-order valence-electron chi connectivity index (χ1n) is 10.0. The van der Waals surface area contributed by atoms with E-state index in [-0.39, 0.29) is 42.3 Å². The van der Waals surface area contributed by atoms with Crippen molar-refractivity contribution in [3.63, 3.8) is 0 Å². The highest BCUT2D eigenvalue weighted by atomic mass is 16.5. The molecular weight excluding hydrogens is 342 g/mol. The summed E-state index contributed by atoms with van der Waals surface area (Å²) in [6.07, 6.45) is 4.76. The molecule has 0 saturated heterocycles. The monoisotopic (exact) mass is 371 g/mol. The Hall–Kier alpha value is -2.17. The number of carbonyl (C=O) groups excluding carboxylic acids is 3. The van der Waals surface area contributed by atoms with Gasteiger partial charge in [0.1, 0.15) is 5.78 Å². The normalized spacial score (nSPS) is 25.6. The molecule has 0 spiro atoms. The Morgan fingerprint density at radius 3 is 2.37 bits per heavy atom. The van der Waals surface area contributed by atoms with Crippen LogP contribution in [0.4, 0.5) is 0 Å². The van der Waals surface area contributed by atoms with Crippen LogP contribution in [0.3, 0.4) is 0 Å². The highest BCUT2D eigenvalue weighted by Gasteiger charge is 2.41. The van der Waals surface area contributed by atoms with Crippen LogP contribution in [0.25, 0.3) is 0 Å². The Morgan fingerprint density at radius 1 is 1.15 bits per heavy atom. The van der Waals surface area contributed by atoms with Crippen LogP contribution in [0.5, 0.6) is 0 Å². The Balaban J connectivity index is 1.49. The van der Waals surface area contributed by atoms with E-state index < -0.39 is 0 Å². The summed E-state index contributed by atoms with van der Waals surface area (Å²) in [6.45, 7) is 3.77. The second-order valence-corrected chi connectivity index (χ2v) is 7.94. The van der Waals surface area contributed by atoms with Crippen LogP contribution in [0.1, 0.15) is 62.6 Å². The third-order valence-corrected chi connectivity index (χ3v) is 5.95. The number of hydrogen-bond donors (Lipinski definition) is 1. The quantitative estimate of drug-likeness (QED) is 0.777. The standard InChI is InChI=1S/C22H29NO4/c1-3-19(15-9-7-14(2)8-10-15)23-20(24)13-27-22(26)18-11-16-5-4-6-17(12-18)21(16)25/h7-10,16-19H,3-6,11-13H2,1-2H3,(H,23,24)/t16-,17+,18?,19-/m1/s1. The lowest BCUT2D eigenvalue weighted by atomic mass is 9.67. The van der Waals surface area contributed by atoms with Gasteiger partial charge in [0.15, 0.2) is 6.61 Å². The molecule has 2 aliphatic rings. The van der Waals surface area contributed by atoms with Gasteiger partial charge in [-0.25, -0.2) is 0 Å². The fourth-order valence-corrected chi connectivity index (χ4v) is 4.38. The summed E-state index contributed by atoms with van der Waals surface area (Å²) < 4.78 is 5.28. The third kappa shape index (κ3) is 4.76. The second-order valence-electron chi connectivity index (χ2n) is 7.94. The van der Waals surface area contributed by atoms with Gasteiger partial charge in [0.05, 0.1) is 12.0 Å². The molecule has 27 heavy (non-hydrogen) atoms. The van der Waals surface area contributed by atoms with E-state index in [2.05, 4.69) is 5.32 Å². The Morgan fingerprint density at radius 2 is 1.78 bits per heavy atom. The zero-order valence-electron chi connectivity index (χ0n) is 16.2. The molecule has 1 aromatic carbocycles. The minimum atomic E-state index is -0.335. The van der Waals surface area contributed by atoms with Gasteiger partial charge in [0, 0.05) is 11.8 Å². The molecule has 0 radical (unpaired) electrons. The van der Waals surface area contributed by atoms with Crippen molar-refractivity contribution in [3.8, 4) is 0 Å². The maximum Gasteiger partial charge on any atom is 0.309 e. The topological polar surface area (TPSA) is 72.5 Å². The molecule has 0 heterocycles. The van der Waals surface area contributed by atoms with Crippen molar-refractivity contribution in [3.05, 3.63) is 35.4 Å². The third-order valence-electron chi connectivity index (χ3n) is 5.95. The number of esters is 1. The Bertz CT molecular complexity index is 681. The average molecular weight is 371 g/mol. The molecule has 2 aliphatic carbocycles. The Labute approximate surface area is 160 Å². The molecule has 2 fully saturated rings. The molecule has 1 amide bonds. The number of hydrogen-bond acceptors (Lipinski definition) is 4. The van der Waals surface area contributed by atoms with Gasteiger partial charge in [-0.15, -0.1) is 0 Å². The lowest BCUT2D eigenvalue weighted by molar-refractivity contribution is -0.156. The van der Waals surface area contributed by atoms with Gasteiger partial charge >= 0.3 is 5.97 Å². The van der Waals surface area contributed by atoms with Crippen LogP contribution in [0.2, 0.25) is 0 Å². The molecule has 5 heteroatoms. The van der Waals surface area contributed by atoms with Crippen LogP contribution in [0, 0.1) is 24.7 Å². The van der Waals surface area contributed by atoms with Crippen LogP contribution in [0.15, 0.2) is 24.3 Å². The van der Waals surface area contributed by atoms with E-state index in [0.717, 1.165) is 31.2 Å². The molecule has 1 unspecified atom stereocenters. The zero-order valence-corrected chi connectivity index (χ0v) is 16.2. The molecular formula is C22H29NO4. The Kier molecular flexibility index (Phi) is 6.30. The van der Waals surface area contributed by atoms with Crippen molar-refractivity contribution < 1.29 is 19.1 Å². The number of amides is 1. The SMILES string of the molecule is CC[C@@H](NC(=O)COC(=O)C1C[C@H]2CCC[C@@H](C1)C2=O)c1ccc(C)cc1. The van der Waals surface area contributed by atoms with Crippen LogP contribution in [-0.4, -0.2) is 24.3 Å². The van der Waals surface area contributed by atoms with Crippen molar-refractivity contribution in [1.82, 2.24) is 5.32 Å². The second kappa shape index (κ2) is 8.68. The van der Waals surface area contributed by atoms with Gasteiger partial charge < -0.3 is 10.1 Å². The van der Waals surface area contributed by atoms with Crippen LogP contribution >= 0.6 is 0 Å². The highest BCUT2D eigenvalue weighted by Crippen LogP contribution is 2.40. The van der Waals surface area contributed by atoms with Crippen molar-refractivity contribution >= 4 is 17.7 Å². The number of rotatable bonds is 6. The van der Waals surface area contributed by atoms with Gasteiger partial charge in [0.25, 0.3) is 5.91 Å². The van der Waals surface area contributed by atoms with E-state index in [9.17, 15) is 14.4 Å². The summed E-state index contributed by atoms with van der Waals surface area (Å²) in [5, 5.41) is 2.94. The number of aryl methyl sites for hydroxylation is 1. The number of Topliss-reactive ketones (excluding diaryl/α,β-unsaturated/α-hetero) is 1. The highest BCUT2D eigenvalue weighted by molar-refractivity contribution is 5.88. The van der Waals surface area contributed by atoms with Crippen LogP contribution < -0.4 is 5.32 Å². The molecule has 3 rings (SSSR count). The first-order valence-corrected chi connectivity index (χ1v) is 10.0. The molecule has 1 N–H and O–H groups in total. The summed E-state index contributed by atoms with van der Waals surface area (Å²) in [6, 6.07) is 7.96. The summed E-state index contributed by atoms with van der Waals surface area (Å²) in [7, 11) is 0. The number of carbonyl (C=O) groups is 3. The molecule has 146 valence electrons. The van der Waals surface area contributed by atoms with E-state index >= 15 is 0 Å². The van der Waals surface area contributed by atoms with E-state index in [1.807, 2.05) is 38.1 Å². The maximum absolute atomic E-state index is 12.4. The number of ketones is 1. The molecule has 2 saturated carbocycles. The average Bonchev–Trinajstić information content (AvgIpc) is 2.64. The molecule has 2 bridgehead atoms. The zero-order chi connectivity index (χ0) is 19.4. The fraction of sp³-hybridized carbons (Fsp3) is 0.591. The predicted molar refractivity (Wildman–Crippen MR) is 102 cm³/mol. The van der Waals surface area contributed by atoms with Crippen molar-refractivity contribution in [2.45, 2.75) is 58.4 Å². The van der Waals surface area contributed by atoms with Crippen LogP contribution in [-0.2, 0) is 19.1 Å². The van der Waals surface area contributed by atoms with Gasteiger partial charge in [-0.3, -0.25) is 14.4 Å². The van der Waals surface area contributed by atoms with E-state index in [1.165, 1.54) is 5.56 Å². The van der Waals surface area contributed by atoms with Crippen molar-refractivity contribution in [2.75, 3.05) is 6.61 Å². The lowest BCUT2D eigenvalue weighted by Crippen LogP contribution is -2.40. The van der Waals surface area contributed by atoms with Gasteiger partial charge in [-0.2, -0.15) is 0 Å². The minimum absolute atomic E-state index is 0.00915. The van der Waals surface area contributed by atoms with E-state index in [4.69, 9.17) is 4.74 Å². The van der Waals surface area contributed by atoms with E-state index in [1.54, 1.807) is 0 Å². The molecule has 4 atom stereocenters. The summed E-state index contributed by atoms with van der Waals surface area (Å²) in [4.78, 5) is 36.8. The smallest absolute Gasteiger partial charge is 0.309 e. The predicted octanol–water partition coefficient (Wildman–Crippen LogP) is 3.50. The number of fused-ring (bicyclic) bond motifs is 2. The molecule has 0 aromatic heterocycles. The summed E-state index contributed by atoms with van der Waals surface area (Å²) in [5.74, 6) is -0.526. The molecule has 5 nitrogen and oxygen atoms in total. The van der Waals surface area contributed by atoms with Gasteiger partial charge in [-0.05, 0) is 44.6 Å².